The molecule has 0 fully saturated rings. The first-order valence-corrected chi connectivity index (χ1v) is 6.21. The van der Waals surface area contributed by atoms with Crippen LogP contribution in [0.2, 0.25) is 0 Å². The number of hydrogen-bond acceptors (Lipinski definition) is 3. The summed E-state index contributed by atoms with van der Waals surface area (Å²) in [5.74, 6) is 0.775. The van der Waals surface area contributed by atoms with Crippen molar-refractivity contribution in [1.29, 1.82) is 0 Å². The number of aryl methyl sites for hydroxylation is 1. The maximum Gasteiger partial charge on any atom is 0.309 e. The van der Waals surface area contributed by atoms with Crippen molar-refractivity contribution in [2.45, 2.75) is 27.2 Å². The lowest BCUT2D eigenvalue weighted by molar-refractivity contribution is -0.146. The number of rotatable bonds is 5. The molecule has 1 unspecified atom stereocenters. The van der Waals surface area contributed by atoms with Crippen LogP contribution in [-0.2, 0) is 16.0 Å². The van der Waals surface area contributed by atoms with E-state index in [1.165, 1.54) is 7.11 Å². The number of esters is 1. The molecule has 0 aliphatic carbocycles. The largest absolute Gasteiger partial charge is 0.496 e. The number of carbonyl (C=O) groups is 1. The first kappa shape index (κ1) is 14.6. The van der Waals surface area contributed by atoms with Crippen LogP contribution in [-0.4, -0.2) is 20.2 Å². The fourth-order valence-electron chi connectivity index (χ4n) is 2.05. The van der Waals surface area contributed by atoms with Gasteiger partial charge in [0.1, 0.15) is 5.75 Å². The van der Waals surface area contributed by atoms with E-state index in [2.05, 4.69) is 6.07 Å². The van der Waals surface area contributed by atoms with Gasteiger partial charge in [0.25, 0.3) is 0 Å². The lowest BCUT2D eigenvalue weighted by atomic mass is 9.88. The third-order valence-electron chi connectivity index (χ3n) is 3.18. The van der Waals surface area contributed by atoms with E-state index in [-0.39, 0.29) is 17.8 Å². The molecule has 0 N–H and O–H groups in total. The van der Waals surface area contributed by atoms with Crippen LogP contribution < -0.4 is 4.74 Å². The van der Waals surface area contributed by atoms with Crippen LogP contribution in [0, 0.1) is 18.8 Å². The molecule has 0 saturated carbocycles. The monoisotopic (exact) mass is 250 g/mol. The third kappa shape index (κ3) is 3.49. The molecule has 100 valence electrons. The molecule has 1 rings (SSSR count). The smallest absolute Gasteiger partial charge is 0.309 e. The van der Waals surface area contributed by atoms with Crippen molar-refractivity contribution >= 4 is 5.97 Å². The molecule has 0 heterocycles. The molecule has 1 aromatic rings. The maximum absolute atomic E-state index is 11.8. The minimum Gasteiger partial charge on any atom is -0.496 e. The predicted octanol–water partition coefficient (Wildman–Crippen LogP) is 2.99. The summed E-state index contributed by atoms with van der Waals surface area (Å²) in [5, 5.41) is 0. The second kappa shape index (κ2) is 6.43. The van der Waals surface area contributed by atoms with Crippen molar-refractivity contribution in [3.05, 3.63) is 29.3 Å². The summed E-state index contributed by atoms with van der Waals surface area (Å²) in [5.41, 5.74) is 2.22. The quantitative estimate of drug-likeness (QED) is 0.754. The molecular weight excluding hydrogens is 228 g/mol. The summed E-state index contributed by atoms with van der Waals surface area (Å²) < 4.78 is 10.2. The number of hydrogen-bond donors (Lipinski definition) is 0. The Balaban J connectivity index is 2.99. The van der Waals surface area contributed by atoms with Gasteiger partial charge in [-0.25, -0.2) is 0 Å². The number of carbonyl (C=O) groups excluding carboxylic acids is 1. The zero-order chi connectivity index (χ0) is 13.7. The highest BCUT2D eigenvalue weighted by Gasteiger charge is 2.24. The topological polar surface area (TPSA) is 35.5 Å². The minimum atomic E-state index is -0.159. The van der Waals surface area contributed by atoms with Gasteiger partial charge < -0.3 is 9.47 Å². The molecular formula is C15H22O3. The van der Waals surface area contributed by atoms with Gasteiger partial charge in [0.2, 0.25) is 0 Å². The van der Waals surface area contributed by atoms with Crippen molar-refractivity contribution in [2.75, 3.05) is 14.2 Å². The van der Waals surface area contributed by atoms with Crippen molar-refractivity contribution in [2.24, 2.45) is 11.8 Å². The van der Waals surface area contributed by atoms with Crippen molar-refractivity contribution in [1.82, 2.24) is 0 Å². The summed E-state index contributed by atoms with van der Waals surface area (Å²) in [6.07, 6.45) is 0.648. The Hall–Kier alpha value is -1.51. The van der Waals surface area contributed by atoms with E-state index < -0.39 is 0 Å². The van der Waals surface area contributed by atoms with Gasteiger partial charge >= 0.3 is 5.97 Å². The summed E-state index contributed by atoms with van der Waals surface area (Å²) in [6, 6.07) is 6.02. The minimum absolute atomic E-state index is 0.134. The molecule has 1 atom stereocenters. The molecule has 1 aromatic carbocycles. The normalized spacial score (nSPS) is 12.3. The van der Waals surface area contributed by atoms with Crippen LogP contribution in [0.25, 0.3) is 0 Å². The van der Waals surface area contributed by atoms with Gasteiger partial charge in [0.05, 0.1) is 20.1 Å². The Morgan fingerprint density at radius 3 is 2.44 bits per heavy atom. The standard InChI is InChI=1S/C15H22O3/c1-10(2)13(15(16)18-5)9-12-8-11(3)6-7-14(12)17-4/h6-8,10,13H,9H2,1-5H3. The third-order valence-corrected chi connectivity index (χ3v) is 3.18. The Morgan fingerprint density at radius 1 is 1.28 bits per heavy atom. The van der Waals surface area contributed by atoms with E-state index in [4.69, 9.17) is 9.47 Å². The van der Waals surface area contributed by atoms with E-state index >= 15 is 0 Å². The van der Waals surface area contributed by atoms with Crippen LogP contribution in [0.4, 0.5) is 0 Å². The maximum atomic E-state index is 11.8. The van der Waals surface area contributed by atoms with Crippen LogP contribution in [0.3, 0.4) is 0 Å². The average Bonchev–Trinajstić information content (AvgIpc) is 2.34. The molecule has 0 spiro atoms. The van der Waals surface area contributed by atoms with Crippen molar-refractivity contribution in [3.63, 3.8) is 0 Å². The molecule has 0 saturated heterocycles. The molecule has 0 aromatic heterocycles. The Bertz CT molecular complexity index is 410. The summed E-state index contributed by atoms with van der Waals surface area (Å²) in [7, 11) is 3.09. The van der Waals surface area contributed by atoms with E-state index in [1.807, 2.05) is 32.9 Å². The van der Waals surface area contributed by atoms with Gasteiger partial charge in [-0.15, -0.1) is 0 Å². The van der Waals surface area contributed by atoms with Gasteiger partial charge in [-0.3, -0.25) is 4.79 Å². The lowest BCUT2D eigenvalue weighted by Crippen LogP contribution is -2.24. The number of ether oxygens (including phenoxy) is 2. The van der Waals surface area contributed by atoms with Crippen molar-refractivity contribution in [3.8, 4) is 5.75 Å². The Kier molecular flexibility index (Phi) is 5.20. The zero-order valence-corrected chi connectivity index (χ0v) is 11.8. The molecule has 0 aliphatic rings. The second-order valence-corrected chi connectivity index (χ2v) is 4.89. The zero-order valence-electron chi connectivity index (χ0n) is 11.8. The van der Waals surface area contributed by atoms with E-state index in [0.717, 1.165) is 16.9 Å². The molecule has 0 aliphatic heterocycles. The highest BCUT2D eigenvalue weighted by atomic mass is 16.5. The fourth-order valence-corrected chi connectivity index (χ4v) is 2.05. The second-order valence-electron chi connectivity index (χ2n) is 4.89. The van der Waals surface area contributed by atoms with Gasteiger partial charge in [-0.1, -0.05) is 31.5 Å². The first-order valence-electron chi connectivity index (χ1n) is 6.21. The molecule has 3 heteroatoms. The Labute approximate surface area is 109 Å². The summed E-state index contributed by atoms with van der Waals surface area (Å²) in [6.45, 7) is 6.10. The van der Waals surface area contributed by atoms with Crippen LogP contribution >= 0.6 is 0 Å². The molecule has 18 heavy (non-hydrogen) atoms. The average molecular weight is 250 g/mol. The van der Waals surface area contributed by atoms with Gasteiger partial charge in [-0.2, -0.15) is 0 Å². The SMILES string of the molecule is COC(=O)C(Cc1cc(C)ccc1OC)C(C)C. The number of benzene rings is 1. The highest BCUT2D eigenvalue weighted by molar-refractivity contribution is 5.73. The summed E-state index contributed by atoms with van der Waals surface area (Å²) in [4.78, 5) is 11.8. The summed E-state index contributed by atoms with van der Waals surface area (Å²) >= 11 is 0. The van der Waals surface area contributed by atoms with E-state index in [1.54, 1.807) is 7.11 Å². The Morgan fingerprint density at radius 2 is 1.94 bits per heavy atom. The van der Waals surface area contributed by atoms with Gasteiger partial charge in [-0.05, 0) is 30.9 Å². The van der Waals surface area contributed by atoms with E-state index in [9.17, 15) is 4.79 Å². The molecule has 0 radical (unpaired) electrons. The first-order chi connectivity index (χ1) is 8.49. The molecule has 0 amide bonds. The van der Waals surface area contributed by atoms with Crippen LogP contribution in [0.5, 0.6) is 5.75 Å². The highest BCUT2D eigenvalue weighted by Crippen LogP contribution is 2.26. The van der Waals surface area contributed by atoms with E-state index in [0.29, 0.717) is 6.42 Å². The lowest BCUT2D eigenvalue weighted by Gasteiger charge is -2.19. The molecule has 3 nitrogen and oxygen atoms in total. The molecule has 0 bridgehead atoms. The fraction of sp³-hybridized carbons (Fsp3) is 0.533. The van der Waals surface area contributed by atoms with Crippen LogP contribution in [0.15, 0.2) is 18.2 Å². The van der Waals surface area contributed by atoms with Gasteiger partial charge in [0, 0.05) is 0 Å². The van der Waals surface area contributed by atoms with Crippen molar-refractivity contribution < 1.29 is 14.3 Å². The van der Waals surface area contributed by atoms with Crippen LogP contribution in [0.1, 0.15) is 25.0 Å². The predicted molar refractivity (Wildman–Crippen MR) is 71.8 cm³/mol. The number of methoxy groups -OCH3 is 2. The van der Waals surface area contributed by atoms with Gasteiger partial charge in [0.15, 0.2) is 0 Å².